The van der Waals surface area contributed by atoms with E-state index < -0.39 is 0 Å². The zero-order valence-corrected chi connectivity index (χ0v) is 7.82. The normalized spacial score (nSPS) is 13.3. The van der Waals surface area contributed by atoms with Crippen molar-refractivity contribution in [2.45, 2.75) is 32.9 Å². The van der Waals surface area contributed by atoms with E-state index in [1.54, 1.807) is 11.3 Å². The summed E-state index contributed by atoms with van der Waals surface area (Å²) in [6, 6.07) is 0.596. The molecule has 1 unspecified atom stereocenters. The Labute approximate surface area is 71.7 Å². The van der Waals surface area contributed by atoms with Crippen molar-refractivity contribution in [1.82, 2.24) is 10.3 Å². The van der Waals surface area contributed by atoms with Crippen LogP contribution in [0.2, 0.25) is 0 Å². The Morgan fingerprint density at radius 1 is 1.73 bits per heavy atom. The van der Waals surface area contributed by atoms with Crippen LogP contribution in [0.1, 0.15) is 25.3 Å². The molecule has 62 valence electrons. The number of nitrogens with zero attached hydrogens (tertiary/aromatic N) is 1. The third-order valence-electron chi connectivity index (χ3n) is 1.70. The monoisotopic (exact) mass is 170 g/mol. The molecule has 1 N–H and O–H groups in total. The fraction of sp³-hybridized carbons (Fsp3) is 0.625. The van der Waals surface area contributed by atoms with E-state index in [0.29, 0.717) is 6.04 Å². The van der Waals surface area contributed by atoms with Crippen LogP contribution >= 0.6 is 11.3 Å². The van der Waals surface area contributed by atoms with Gasteiger partial charge < -0.3 is 5.32 Å². The SMILES string of the molecule is CCC(C)NCc1nccs1. The van der Waals surface area contributed by atoms with Gasteiger partial charge in [0, 0.05) is 24.2 Å². The molecule has 0 fully saturated rings. The van der Waals surface area contributed by atoms with Gasteiger partial charge in [-0.3, -0.25) is 0 Å². The van der Waals surface area contributed by atoms with E-state index in [-0.39, 0.29) is 0 Å². The van der Waals surface area contributed by atoms with Gasteiger partial charge in [-0.15, -0.1) is 11.3 Å². The van der Waals surface area contributed by atoms with E-state index in [2.05, 4.69) is 24.1 Å². The zero-order valence-electron chi connectivity index (χ0n) is 7.00. The number of nitrogens with one attached hydrogen (secondary N) is 1. The Morgan fingerprint density at radius 2 is 2.55 bits per heavy atom. The first-order valence-electron chi connectivity index (χ1n) is 3.94. The molecule has 0 spiro atoms. The summed E-state index contributed by atoms with van der Waals surface area (Å²) >= 11 is 1.70. The fourth-order valence-electron chi connectivity index (χ4n) is 0.746. The molecule has 1 atom stereocenters. The highest BCUT2D eigenvalue weighted by Gasteiger charge is 1.98. The summed E-state index contributed by atoms with van der Waals surface area (Å²) in [6.07, 6.45) is 3.02. The van der Waals surface area contributed by atoms with Crippen molar-refractivity contribution >= 4 is 11.3 Å². The summed E-state index contributed by atoms with van der Waals surface area (Å²) in [5.74, 6) is 0. The van der Waals surface area contributed by atoms with Gasteiger partial charge >= 0.3 is 0 Å². The second-order valence-corrected chi connectivity index (χ2v) is 3.60. The van der Waals surface area contributed by atoms with Gasteiger partial charge in [0.15, 0.2) is 0 Å². The smallest absolute Gasteiger partial charge is 0.106 e. The highest BCUT2D eigenvalue weighted by molar-refractivity contribution is 7.09. The van der Waals surface area contributed by atoms with E-state index in [4.69, 9.17) is 0 Å². The Bertz CT molecular complexity index is 184. The average molecular weight is 170 g/mol. The van der Waals surface area contributed by atoms with Crippen LogP contribution in [0.15, 0.2) is 11.6 Å². The van der Waals surface area contributed by atoms with Crippen molar-refractivity contribution in [3.63, 3.8) is 0 Å². The average Bonchev–Trinajstić information content (AvgIpc) is 2.52. The quantitative estimate of drug-likeness (QED) is 0.748. The minimum absolute atomic E-state index is 0.596. The predicted molar refractivity (Wildman–Crippen MR) is 48.7 cm³/mol. The van der Waals surface area contributed by atoms with E-state index in [1.807, 2.05) is 11.6 Å². The summed E-state index contributed by atoms with van der Waals surface area (Å²) in [4.78, 5) is 4.18. The maximum absolute atomic E-state index is 4.18. The lowest BCUT2D eigenvalue weighted by atomic mass is 10.3. The zero-order chi connectivity index (χ0) is 8.10. The van der Waals surface area contributed by atoms with Crippen LogP contribution in [0.3, 0.4) is 0 Å². The van der Waals surface area contributed by atoms with Crippen molar-refractivity contribution in [2.24, 2.45) is 0 Å². The molecule has 0 aliphatic carbocycles. The van der Waals surface area contributed by atoms with Gasteiger partial charge in [0.05, 0.1) is 0 Å². The molecule has 3 heteroatoms. The molecular formula is C8H14N2S. The van der Waals surface area contributed by atoms with Crippen molar-refractivity contribution in [1.29, 1.82) is 0 Å². The lowest BCUT2D eigenvalue weighted by Gasteiger charge is -2.08. The molecule has 2 nitrogen and oxygen atoms in total. The highest BCUT2D eigenvalue weighted by Crippen LogP contribution is 2.03. The molecule has 1 heterocycles. The molecule has 0 bridgehead atoms. The molecule has 0 amide bonds. The molecule has 1 aromatic heterocycles. The molecule has 0 saturated heterocycles. The maximum Gasteiger partial charge on any atom is 0.106 e. The van der Waals surface area contributed by atoms with E-state index >= 15 is 0 Å². The van der Waals surface area contributed by atoms with Gasteiger partial charge in [-0.2, -0.15) is 0 Å². The molecule has 0 saturated carbocycles. The number of hydrogen-bond donors (Lipinski definition) is 1. The molecule has 0 aromatic carbocycles. The Hall–Kier alpha value is -0.410. The first kappa shape index (κ1) is 8.68. The Balaban J connectivity index is 2.23. The fourth-order valence-corrected chi connectivity index (χ4v) is 1.31. The van der Waals surface area contributed by atoms with Crippen LogP contribution < -0.4 is 5.32 Å². The minimum Gasteiger partial charge on any atom is -0.308 e. The molecule has 0 aliphatic heterocycles. The summed E-state index contributed by atoms with van der Waals surface area (Å²) in [5.41, 5.74) is 0. The predicted octanol–water partition coefficient (Wildman–Crippen LogP) is 2.03. The van der Waals surface area contributed by atoms with Gasteiger partial charge in [-0.1, -0.05) is 6.92 Å². The van der Waals surface area contributed by atoms with Gasteiger partial charge in [-0.25, -0.2) is 4.98 Å². The molecular weight excluding hydrogens is 156 g/mol. The minimum atomic E-state index is 0.596. The molecule has 1 aromatic rings. The second kappa shape index (κ2) is 4.46. The van der Waals surface area contributed by atoms with Gasteiger partial charge in [0.25, 0.3) is 0 Å². The summed E-state index contributed by atoms with van der Waals surface area (Å²) in [5, 5.41) is 6.56. The van der Waals surface area contributed by atoms with E-state index in [1.165, 1.54) is 11.4 Å². The van der Waals surface area contributed by atoms with Gasteiger partial charge in [0.2, 0.25) is 0 Å². The van der Waals surface area contributed by atoms with Gasteiger partial charge in [-0.05, 0) is 13.3 Å². The van der Waals surface area contributed by atoms with Crippen molar-refractivity contribution in [3.8, 4) is 0 Å². The lowest BCUT2D eigenvalue weighted by Crippen LogP contribution is -2.24. The Morgan fingerprint density at radius 3 is 3.09 bits per heavy atom. The van der Waals surface area contributed by atoms with Gasteiger partial charge in [0.1, 0.15) is 5.01 Å². The van der Waals surface area contributed by atoms with Crippen LogP contribution in [-0.4, -0.2) is 11.0 Å². The third kappa shape index (κ3) is 2.99. The number of thiazole rings is 1. The molecule has 1 rings (SSSR count). The maximum atomic E-state index is 4.18. The highest BCUT2D eigenvalue weighted by atomic mass is 32.1. The summed E-state index contributed by atoms with van der Waals surface area (Å²) in [6.45, 7) is 5.28. The molecule has 0 aliphatic rings. The molecule has 11 heavy (non-hydrogen) atoms. The van der Waals surface area contributed by atoms with Crippen molar-refractivity contribution in [2.75, 3.05) is 0 Å². The first-order chi connectivity index (χ1) is 5.33. The number of rotatable bonds is 4. The third-order valence-corrected chi connectivity index (χ3v) is 2.48. The molecule has 0 radical (unpaired) electrons. The second-order valence-electron chi connectivity index (χ2n) is 2.62. The standard InChI is InChI=1S/C8H14N2S/c1-3-7(2)10-6-8-9-4-5-11-8/h4-5,7,10H,3,6H2,1-2H3. The summed E-state index contributed by atoms with van der Waals surface area (Å²) in [7, 11) is 0. The topological polar surface area (TPSA) is 24.9 Å². The van der Waals surface area contributed by atoms with Crippen LogP contribution in [0, 0.1) is 0 Å². The van der Waals surface area contributed by atoms with Crippen molar-refractivity contribution < 1.29 is 0 Å². The van der Waals surface area contributed by atoms with Crippen LogP contribution in [0.4, 0.5) is 0 Å². The van der Waals surface area contributed by atoms with Crippen LogP contribution in [0.5, 0.6) is 0 Å². The summed E-state index contributed by atoms with van der Waals surface area (Å²) < 4.78 is 0. The Kier molecular flexibility index (Phi) is 3.52. The number of aromatic nitrogens is 1. The van der Waals surface area contributed by atoms with E-state index in [9.17, 15) is 0 Å². The van der Waals surface area contributed by atoms with Crippen LogP contribution in [-0.2, 0) is 6.54 Å². The lowest BCUT2D eigenvalue weighted by molar-refractivity contribution is 0.533. The van der Waals surface area contributed by atoms with Crippen molar-refractivity contribution in [3.05, 3.63) is 16.6 Å². The first-order valence-corrected chi connectivity index (χ1v) is 4.82. The van der Waals surface area contributed by atoms with Crippen LogP contribution in [0.25, 0.3) is 0 Å². The largest absolute Gasteiger partial charge is 0.308 e. The number of hydrogen-bond acceptors (Lipinski definition) is 3. The van der Waals surface area contributed by atoms with E-state index in [0.717, 1.165) is 6.54 Å².